The van der Waals surface area contributed by atoms with Gasteiger partial charge in [0.2, 0.25) is 0 Å². The Labute approximate surface area is 191 Å². The van der Waals surface area contributed by atoms with E-state index < -0.39 is 27.5 Å². The van der Waals surface area contributed by atoms with Crippen LogP contribution in [0.25, 0.3) is 0 Å². The number of likely N-dealkylation sites (tertiary alicyclic amines) is 1. The molecule has 1 aromatic rings. The van der Waals surface area contributed by atoms with E-state index in [1.165, 1.54) is 6.07 Å². The molecule has 2 aliphatic carbocycles. The number of hydrogen-bond acceptors (Lipinski definition) is 7. The third kappa shape index (κ3) is 2.72. The molecule has 1 saturated carbocycles. The molecule has 1 saturated heterocycles. The summed E-state index contributed by atoms with van der Waals surface area (Å²) in [7, 11) is -4.75. The molecule has 4 aliphatic rings. The zero-order valence-corrected chi connectivity index (χ0v) is 18.9. The van der Waals surface area contributed by atoms with E-state index in [4.69, 9.17) is 13.5 Å². The molecule has 2 fully saturated rings. The molecule has 29 heavy (non-hydrogen) atoms. The van der Waals surface area contributed by atoms with Gasteiger partial charge < -0.3 is 14.0 Å². The summed E-state index contributed by atoms with van der Waals surface area (Å²) in [5.41, 5.74) is -0.560. The summed E-state index contributed by atoms with van der Waals surface area (Å²) >= 11 is 0. The van der Waals surface area contributed by atoms with Gasteiger partial charge in [-0.15, -0.1) is 6.58 Å². The van der Waals surface area contributed by atoms with Crippen LogP contribution in [-0.2, 0) is 27.0 Å². The molecule has 4 atom stereocenters. The second kappa shape index (κ2) is 6.78. The van der Waals surface area contributed by atoms with Crippen LogP contribution in [0.5, 0.6) is 11.5 Å². The average molecular weight is 430 g/mol. The Bertz CT molecular complexity index is 1010. The van der Waals surface area contributed by atoms with Gasteiger partial charge in [-0.2, -0.15) is 8.42 Å². The molecule has 10 heteroatoms. The van der Waals surface area contributed by atoms with Crippen LogP contribution >= 0.6 is 0 Å². The molecule has 151 valence electrons. The molecule has 0 aromatic heterocycles. The fraction of sp³-hybridized carbons (Fsp3) is 0.526. The number of rotatable bonds is 4. The Kier molecular flexibility index (Phi) is 4.98. The van der Waals surface area contributed by atoms with Crippen LogP contribution in [0, 0.1) is 0 Å². The Balaban J connectivity index is 0.00000205. The largest absolute Gasteiger partial charge is 0.477 e. The zero-order valence-electron chi connectivity index (χ0n) is 16.1. The third-order valence-electron chi connectivity index (χ3n) is 6.91. The molecule has 2 N–H and O–H groups in total. The quantitative estimate of drug-likeness (QED) is 0.401. The Morgan fingerprint density at radius 2 is 2.14 bits per heavy atom. The van der Waals surface area contributed by atoms with E-state index in [1.807, 2.05) is 6.08 Å². The van der Waals surface area contributed by atoms with E-state index >= 15 is 0 Å². The smallest absolute Gasteiger partial charge is 0.446 e. The minimum atomic E-state index is -4.75. The number of ketones is 1. The number of piperidine rings is 1. The van der Waals surface area contributed by atoms with Crippen LogP contribution in [0.15, 0.2) is 24.8 Å². The van der Waals surface area contributed by atoms with E-state index in [-0.39, 0.29) is 59.3 Å². The van der Waals surface area contributed by atoms with Gasteiger partial charge in [0.1, 0.15) is 0 Å². The predicted molar refractivity (Wildman–Crippen MR) is 104 cm³/mol. The van der Waals surface area contributed by atoms with Crippen molar-refractivity contribution in [2.75, 3.05) is 13.1 Å². The Hall–Kier alpha value is -0.940. The van der Waals surface area contributed by atoms with Gasteiger partial charge in [-0.25, -0.2) is 0 Å². The standard InChI is InChI=1S/C19H21NO7S.Na/c1-2-8-20-9-7-18-15-11-3-4-13(27-28(23,24)25)16(15)26-17(18)12(21)5-6-19(18,22)14(20)10-11;/h2-4,14,17,22H,1,5-10H2,(H,23,24,25);/t14-,17+,18+,19-;/m1./s1. The van der Waals surface area contributed by atoms with Crippen molar-refractivity contribution in [3.8, 4) is 11.5 Å². The Morgan fingerprint density at radius 3 is 2.83 bits per heavy atom. The van der Waals surface area contributed by atoms with Gasteiger partial charge in [0.05, 0.1) is 11.0 Å². The van der Waals surface area contributed by atoms with Crippen LogP contribution in [0.1, 0.15) is 30.4 Å². The van der Waals surface area contributed by atoms with Gasteiger partial charge in [-0.3, -0.25) is 14.2 Å². The number of carbonyl (C=O) groups is 1. The first-order valence-corrected chi connectivity index (χ1v) is 10.7. The van der Waals surface area contributed by atoms with Crippen LogP contribution in [0.4, 0.5) is 0 Å². The van der Waals surface area contributed by atoms with E-state index in [0.717, 1.165) is 5.56 Å². The van der Waals surface area contributed by atoms with Crippen molar-refractivity contribution < 1.29 is 31.8 Å². The third-order valence-corrected chi connectivity index (χ3v) is 7.30. The molecule has 8 nitrogen and oxygen atoms in total. The number of carbonyl (C=O) groups excluding carboxylic acids is 1. The minimum Gasteiger partial charge on any atom is -0.477 e. The van der Waals surface area contributed by atoms with Crippen molar-refractivity contribution in [3.05, 3.63) is 35.9 Å². The van der Waals surface area contributed by atoms with E-state index in [0.29, 0.717) is 37.9 Å². The first-order chi connectivity index (χ1) is 13.2. The summed E-state index contributed by atoms with van der Waals surface area (Å²) in [4.78, 5) is 15.0. The molecule has 1 aromatic carbocycles. The maximum absolute atomic E-state index is 12.8. The molecule has 1 spiro atoms. The van der Waals surface area contributed by atoms with Gasteiger partial charge in [0, 0.05) is 60.7 Å². The van der Waals surface area contributed by atoms with Crippen LogP contribution in [0.3, 0.4) is 0 Å². The molecule has 0 amide bonds. The van der Waals surface area contributed by atoms with Gasteiger partial charge >= 0.3 is 10.4 Å². The topological polar surface area (TPSA) is 113 Å². The molecule has 1 radical (unpaired) electrons. The summed E-state index contributed by atoms with van der Waals surface area (Å²) < 4.78 is 42.4. The maximum atomic E-state index is 12.8. The summed E-state index contributed by atoms with van der Waals surface area (Å²) in [5, 5.41) is 11.9. The van der Waals surface area contributed by atoms with Gasteiger partial charge in [0.25, 0.3) is 0 Å². The second-order valence-electron chi connectivity index (χ2n) is 8.05. The van der Waals surface area contributed by atoms with Crippen molar-refractivity contribution in [2.45, 2.75) is 48.8 Å². The normalized spacial score (nSPS) is 34.6. The predicted octanol–water partition coefficient (Wildman–Crippen LogP) is 0.397. The van der Waals surface area contributed by atoms with E-state index in [9.17, 15) is 18.3 Å². The first kappa shape index (κ1) is 21.3. The van der Waals surface area contributed by atoms with Crippen LogP contribution < -0.4 is 8.92 Å². The number of ether oxygens (including phenoxy) is 1. The van der Waals surface area contributed by atoms with Gasteiger partial charge in [-0.05, 0) is 30.9 Å². The van der Waals surface area contributed by atoms with Crippen molar-refractivity contribution in [3.63, 3.8) is 0 Å². The number of nitrogens with zero attached hydrogens (tertiary/aromatic N) is 1. The fourth-order valence-electron chi connectivity index (χ4n) is 5.97. The van der Waals surface area contributed by atoms with Crippen LogP contribution in [-0.4, -0.2) is 89.2 Å². The monoisotopic (exact) mass is 430 g/mol. The number of aliphatic hydroxyl groups is 1. The van der Waals surface area contributed by atoms with E-state index in [2.05, 4.69) is 11.5 Å². The fourth-order valence-corrected chi connectivity index (χ4v) is 6.32. The van der Waals surface area contributed by atoms with Crippen molar-refractivity contribution in [2.24, 2.45) is 0 Å². The Morgan fingerprint density at radius 1 is 1.38 bits per heavy atom. The van der Waals surface area contributed by atoms with Gasteiger partial charge in [-0.1, -0.05) is 12.1 Å². The van der Waals surface area contributed by atoms with Crippen molar-refractivity contribution in [1.82, 2.24) is 4.90 Å². The van der Waals surface area contributed by atoms with Gasteiger partial charge in [0.15, 0.2) is 23.4 Å². The number of benzene rings is 1. The van der Waals surface area contributed by atoms with Crippen LogP contribution in [0.2, 0.25) is 0 Å². The molecular formula is C19H21NNaO7S. The maximum Gasteiger partial charge on any atom is 0.446 e. The van der Waals surface area contributed by atoms with Crippen molar-refractivity contribution in [1.29, 1.82) is 0 Å². The van der Waals surface area contributed by atoms with Crippen molar-refractivity contribution >= 4 is 45.7 Å². The average Bonchev–Trinajstić information content (AvgIpc) is 2.97. The minimum absolute atomic E-state index is 0. The molecular weight excluding hydrogens is 409 g/mol. The summed E-state index contributed by atoms with van der Waals surface area (Å²) in [5.74, 6) is -0.126. The first-order valence-electron chi connectivity index (χ1n) is 9.31. The number of Topliss-reactive ketones (excluding diaryl/α,β-unsaturated/α-hetero) is 1. The summed E-state index contributed by atoms with van der Waals surface area (Å²) in [6.45, 7) is 5.11. The number of hydrogen-bond donors (Lipinski definition) is 2. The molecule has 0 unspecified atom stereocenters. The van der Waals surface area contributed by atoms with E-state index in [1.54, 1.807) is 6.07 Å². The second-order valence-corrected chi connectivity index (χ2v) is 9.07. The zero-order chi connectivity index (χ0) is 19.9. The molecule has 2 aliphatic heterocycles. The molecule has 2 bridgehead atoms. The molecule has 5 rings (SSSR count). The summed E-state index contributed by atoms with van der Waals surface area (Å²) in [6, 6.07) is 2.97. The summed E-state index contributed by atoms with van der Waals surface area (Å²) in [6.07, 6.45) is 2.48. The SMILES string of the molecule is C=CCN1CC[C@]23c4c5ccc(OS(=O)(=O)O)c4O[C@H]2C(=O)CC[C@@]3(O)[C@H]1C5.[Na]. The molecule has 2 heterocycles.